The molecule has 0 amide bonds. The van der Waals surface area contributed by atoms with Crippen molar-refractivity contribution >= 4 is 0 Å². The molecule has 21 heavy (non-hydrogen) atoms. The monoisotopic (exact) mass is 291 g/mol. The molecule has 3 heteroatoms. The average molecular weight is 291 g/mol. The third-order valence-corrected chi connectivity index (χ3v) is 4.76. The Hall–Kier alpha value is -1.09. The van der Waals surface area contributed by atoms with Gasteiger partial charge in [-0.3, -0.25) is 4.98 Å². The Labute approximate surface area is 128 Å². The lowest BCUT2D eigenvalue weighted by Gasteiger charge is -2.27. The smallest absolute Gasteiger partial charge is 0.137 e. The highest BCUT2D eigenvalue weighted by Crippen LogP contribution is 2.40. The molecule has 1 aliphatic rings. The summed E-state index contributed by atoms with van der Waals surface area (Å²) in [6.07, 6.45) is 9.56. The van der Waals surface area contributed by atoms with Crippen LogP contribution in [0.5, 0.6) is 5.75 Å². The number of hydrogen-bond donors (Lipinski definition) is 1. The fourth-order valence-corrected chi connectivity index (χ4v) is 3.28. The summed E-state index contributed by atoms with van der Waals surface area (Å²) >= 11 is 0. The van der Waals surface area contributed by atoms with Crippen molar-refractivity contribution < 1.29 is 9.84 Å². The molecule has 0 saturated heterocycles. The number of ether oxygens (including phenoxy) is 1. The van der Waals surface area contributed by atoms with Crippen molar-refractivity contribution in [1.29, 1.82) is 0 Å². The normalized spacial score (nSPS) is 26.6. The van der Waals surface area contributed by atoms with Crippen LogP contribution in [-0.2, 0) is 5.60 Å². The van der Waals surface area contributed by atoms with Crippen molar-refractivity contribution in [2.24, 2.45) is 11.8 Å². The first kappa shape index (κ1) is 16.3. The molecule has 1 saturated carbocycles. The van der Waals surface area contributed by atoms with Gasteiger partial charge in [0.1, 0.15) is 5.75 Å². The van der Waals surface area contributed by atoms with E-state index in [0.29, 0.717) is 12.5 Å². The van der Waals surface area contributed by atoms with E-state index in [-0.39, 0.29) is 0 Å². The Kier molecular flexibility index (Phi) is 5.63. The minimum absolute atomic E-state index is 0.693. The van der Waals surface area contributed by atoms with E-state index in [1.165, 1.54) is 6.42 Å². The summed E-state index contributed by atoms with van der Waals surface area (Å²) < 4.78 is 5.65. The van der Waals surface area contributed by atoms with Crippen LogP contribution in [0.2, 0.25) is 0 Å². The van der Waals surface area contributed by atoms with Gasteiger partial charge < -0.3 is 9.84 Å². The third kappa shape index (κ3) is 4.19. The lowest BCUT2D eigenvalue weighted by atomic mass is 9.85. The fourth-order valence-electron chi connectivity index (χ4n) is 3.28. The van der Waals surface area contributed by atoms with Crippen LogP contribution in [0.15, 0.2) is 18.5 Å². The highest BCUT2D eigenvalue weighted by molar-refractivity contribution is 5.28. The average Bonchev–Trinajstić information content (AvgIpc) is 2.68. The van der Waals surface area contributed by atoms with Gasteiger partial charge in [-0.25, -0.2) is 0 Å². The van der Waals surface area contributed by atoms with E-state index < -0.39 is 5.60 Å². The Morgan fingerprint density at radius 1 is 1.33 bits per heavy atom. The maximum atomic E-state index is 11.1. The van der Waals surface area contributed by atoms with Crippen LogP contribution in [0.3, 0.4) is 0 Å². The molecule has 2 rings (SSSR count). The number of nitrogens with zero attached hydrogens (tertiary/aromatic N) is 1. The summed E-state index contributed by atoms with van der Waals surface area (Å²) in [5, 5.41) is 11.1. The lowest BCUT2D eigenvalue weighted by Crippen LogP contribution is -2.25. The number of rotatable bonds is 5. The second kappa shape index (κ2) is 7.26. The minimum Gasteiger partial charge on any atom is -0.492 e. The van der Waals surface area contributed by atoms with Gasteiger partial charge in [-0.1, -0.05) is 27.2 Å². The minimum atomic E-state index is -0.734. The predicted molar refractivity (Wildman–Crippen MR) is 85.3 cm³/mol. The highest BCUT2D eigenvalue weighted by Gasteiger charge is 2.33. The molecule has 0 radical (unpaired) electrons. The summed E-state index contributed by atoms with van der Waals surface area (Å²) in [6.45, 7) is 7.35. The maximum absolute atomic E-state index is 11.1. The summed E-state index contributed by atoms with van der Waals surface area (Å²) in [6, 6.07) is 1.97. The number of aliphatic hydroxyl groups is 1. The molecule has 3 nitrogen and oxygen atoms in total. The molecule has 1 aromatic heterocycles. The summed E-state index contributed by atoms with van der Waals surface area (Å²) in [4.78, 5) is 4.26. The molecule has 1 fully saturated rings. The Morgan fingerprint density at radius 3 is 2.86 bits per heavy atom. The van der Waals surface area contributed by atoms with Crippen molar-refractivity contribution in [2.45, 2.75) is 64.9 Å². The van der Waals surface area contributed by atoms with Gasteiger partial charge in [0, 0.05) is 11.8 Å². The topological polar surface area (TPSA) is 42.4 Å². The SMILES string of the molecule is CCCOc1cncc(C2(O)CCCC(C(C)C)CC2)c1. The molecule has 0 aromatic carbocycles. The van der Waals surface area contributed by atoms with Crippen LogP contribution < -0.4 is 4.74 Å². The van der Waals surface area contributed by atoms with Gasteiger partial charge in [0.2, 0.25) is 0 Å². The molecule has 118 valence electrons. The maximum Gasteiger partial charge on any atom is 0.137 e. The van der Waals surface area contributed by atoms with Crippen LogP contribution in [-0.4, -0.2) is 16.7 Å². The van der Waals surface area contributed by atoms with Gasteiger partial charge in [-0.2, -0.15) is 0 Å². The second-order valence-corrected chi connectivity index (χ2v) is 6.72. The van der Waals surface area contributed by atoms with Crippen LogP contribution in [0.4, 0.5) is 0 Å². The van der Waals surface area contributed by atoms with Crippen molar-refractivity contribution in [3.8, 4) is 5.75 Å². The largest absolute Gasteiger partial charge is 0.492 e. The third-order valence-electron chi connectivity index (χ3n) is 4.76. The summed E-state index contributed by atoms with van der Waals surface area (Å²) in [5.41, 5.74) is 0.183. The Balaban J connectivity index is 2.12. The zero-order valence-electron chi connectivity index (χ0n) is 13.6. The lowest BCUT2D eigenvalue weighted by molar-refractivity contribution is 0.0185. The predicted octanol–water partition coefficient (Wildman–Crippen LogP) is 4.29. The molecule has 2 unspecified atom stereocenters. The first-order chi connectivity index (χ1) is 10.0. The zero-order chi connectivity index (χ0) is 15.3. The molecule has 2 atom stereocenters. The van der Waals surface area contributed by atoms with E-state index in [9.17, 15) is 5.11 Å². The zero-order valence-corrected chi connectivity index (χ0v) is 13.6. The molecule has 1 aromatic rings. The fraction of sp³-hybridized carbons (Fsp3) is 0.722. The van der Waals surface area contributed by atoms with Gasteiger partial charge in [0.15, 0.2) is 0 Å². The number of pyridine rings is 1. The van der Waals surface area contributed by atoms with Crippen LogP contribution >= 0.6 is 0 Å². The van der Waals surface area contributed by atoms with E-state index in [0.717, 1.165) is 49.3 Å². The van der Waals surface area contributed by atoms with Crippen molar-refractivity contribution in [2.75, 3.05) is 6.61 Å². The summed E-state index contributed by atoms with van der Waals surface area (Å²) in [7, 11) is 0. The van der Waals surface area contributed by atoms with Crippen LogP contribution in [0.25, 0.3) is 0 Å². The molecule has 0 bridgehead atoms. The highest BCUT2D eigenvalue weighted by atomic mass is 16.5. The van der Waals surface area contributed by atoms with Gasteiger partial charge >= 0.3 is 0 Å². The first-order valence-corrected chi connectivity index (χ1v) is 8.36. The van der Waals surface area contributed by atoms with Crippen molar-refractivity contribution in [3.05, 3.63) is 24.0 Å². The second-order valence-electron chi connectivity index (χ2n) is 6.72. The van der Waals surface area contributed by atoms with Gasteiger partial charge in [0.05, 0.1) is 18.4 Å². The van der Waals surface area contributed by atoms with E-state index in [1.54, 1.807) is 12.4 Å². The van der Waals surface area contributed by atoms with Crippen LogP contribution in [0.1, 0.15) is 64.9 Å². The van der Waals surface area contributed by atoms with Gasteiger partial charge in [0.25, 0.3) is 0 Å². The molecule has 0 spiro atoms. The van der Waals surface area contributed by atoms with E-state index in [2.05, 4.69) is 25.8 Å². The Morgan fingerprint density at radius 2 is 2.14 bits per heavy atom. The molecular weight excluding hydrogens is 262 g/mol. The van der Waals surface area contributed by atoms with Gasteiger partial charge in [-0.15, -0.1) is 0 Å². The number of hydrogen-bond acceptors (Lipinski definition) is 3. The molecule has 1 N–H and O–H groups in total. The van der Waals surface area contributed by atoms with Crippen molar-refractivity contribution in [1.82, 2.24) is 4.98 Å². The van der Waals surface area contributed by atoms with E-state index in [1.807, 2.05) is 6.07 Å². The van der Waals surface area contributed by atoms with E-state index in [4.69, 9.17) is 4.74 Å². The van der Waals surface area contributed by atoms with Gasteiger partial charge in [-0.05, 0) is 50.0 Å². The first-order valence-electron chi connectivity index (χ1n) is 8.36. The standard InChI is InChI=1S/C18H29NO2/c1-4-10-21-17-11-16(12-19-13-17)18(20)8-5-6-15(7-9-18)14(2)3/h11-15,20H,4-10H2,1-3H3. The Bertz CT molecular complexity index is 447. The molecule has 1 heterocycles. The van der Waals surface area contributed by atoms with Crippen molar-refractivity contribution in [3.63, 3.8) is 0 Å². The molecule has 0 aliphatic heterocycles. The molecular formula is C18H29NO2. The van der Waals surface area contributed by atoms with Crippen LogP contribution in [0, 0.1) is 11.8 Å². The molecule has 1 aliphatic carbocycles. The quantitative estimate of drug-likeness (QED) is 0.823. The summed E-state index contributed by atoms with van der Waals surface area (Å²) in [5.74, 6) is 2.20. The number of aromatic nitrogens is 1. The van der Waals surface area contributed by atoms with E-state index >= 15 is 0 Å².